The third-order valence-electron chi connectivity index (χ3n) is 5.31. The third kappa shape index (κ3) is 1.57. The summed E-state index contributed by atoms with van der Waals surface area (Å²) in [6.07, 6.45) is 8.25. The molecule has 0 amide bonds. The van der Waals surface area contributed by atoms with E-state index in [2.05, 4.69) is 10.2 Å². The molecule has 17 heavy (non-hydrogen) atoms. The first kappa shape index (κ1) is 9.92. The molecular formula is C13H19N3O. The van der Waals surface area contributed by atoms with Crippen molar-refractivity contribution >= 4 is 6.01 Å². The van der Waals surface area contributed by atoms with Crippen LogP contribution in [-0.4, -0.2) is 10.2 Å². The van der Waals surface area contributed by atoms with Crippen LogP contribution < -0.4 is 5.73 Å². The van der Waals surface area contributed by atoms with Gasteiger partial charge in [-0.25, -0.2) is 0 Å². The van der Waals surface area contributed by atoms with Gasteiger partial charge in [0, 0.05) is 6.42 Å². The first-order valence-electron chi connectivity index (χ1n) is 6.86. The quantitative estimate of drug-likeness (QED) is 0.851. The average Bonchev–Trinajstić information content (AvgIpc) is 2.68. The normalized spacial score (nSPS) is 43.2. The lowest BCUT2D eigenvalue weighted by atomic mass is 9.51. The molecule has 0 spiro atoms. The van der Waals surface area contributed by atoms with Crippen LogP contribution in [0.4, 0.5) is 6.01 Å². The number of rotatable bonds is 2. The molecule has 4 aliphatic carbocycles. The second-order valence-electron chi connectivity index (χ2n) is 6.33. The van der Waals surface area contributed by atoms with E-state index in [1.54, 1.807) is 0 Å². The third-order valence-corrected chi connectivity index (χ3v) is 5.31. The van der Waals surface area contributed by atoms with E-state index in [1.165, 1.54) is 32.1 Å². The predicted octanol–water partition coefficient (Wildman–Crippen LogP) is 2.27. The number of nitrogens with zero attached hydrogens (tertiary/aromatic N) is 2. The van der Waals surface area contributed by atoms with Gasteiger partial charge in [0.25, 0.3) is 0 Å². The van der Waals surface area contributed by atoms with Crippen LogP contribution in [0.25, 0.3) is 0 Å². The fraction of sp³-hybridized carbons (Fsp3) is 0.846. The monoisotopic (exact) mass is 233 g/mol. The predicted molar refractivity (Wildman–Crippen MR) is 62.9 cm³/mol. The van der Waals surface area contributed by atoms with Crippen molar-refractivity contribution in [2.24, 2.45) is 29.6 Å². The maximum Gasteiger partial charge on any atom is 0.312 e. The van der Waals surface area contributed by atoms with Crippen LogP contribution >= 0.6 is 0 Å². The Hall–Kier alpha value is -1.06. The second kappa shape index (κ2) is 3.47. The summed E-state index contributed by atoms with van der Waals surface area (Å²) < 4.78 is 5.35. The molecule has 0 unspecified atom stereocenters. The van der Waals surface area contributed by atoms with Gasteiger partial charge in [0.1, 0.15) is 0 Å². The molecule has 0 aliphatic heterocycles. The van der Waals surface area contributed by atoms with Gasteiger partial charge in [-0.3, -0.25) is 0 Å². The van der Waals surface area contributed by atoms with Crippen LogP contribution in [0.3, 0.4) is 0 Å². The van der Waals surface area contributed by atoms with Gasteiger partial charge in [-0.15, -0.1) is 5.10 Å². The van der Waals surface area contributed by atoms with Crippen molar-refractivity contribution in [3.8, 4) is 0 Å². The van der Waals surface area contributed by atoms with Crippen molar-refractivity contribution in [1.82, 2.24) is 10.2 Å². The van der Waals surface area contributed by atoms with Crippen molar-refractivity contribution in [2.75, 3.05) is 5.73 Å². The molecular weight excluding hydrogens is 214 g/mol. The topological polar surface area (TPSA) is 64.9 Å². The van der Waals surface area contributed by atoms with Gasteiger partial charge in [-0.2, -0.15) is 0 Å². The van der Waals surface area contributed by atoms with Crippen molar-refractivity contribution < 1.29 is 4.42 Å². The summed E-state index contributed by atoms with van der Waals surface area (Å²) in [4.78, 5) is 0. The number of hydrogen-bond acceptors (Lipinski definition) is 4. The van der Waals surface area contributed by atoms with Crippen LogP contribution in [0.5, 0.6) is 0 Å². The van der Waals surface area contributed by atoms with E-state index in [0.717, 1.165) is 41.9 Å². The van der Waals surface area contributed by atoms with Gasteiger partial charge in [0.15, 0.2) is 0 Å². The Bertz CT molecular complexity index is 400. The Kier molecular flexibility index (Phi) is 2.02. The smallest absolute Gasteiger partial charge is 0.312 e. The van der Waals surface area contributed by atoms with E-state index < -0.39 is 0 Å². The maximum atomic E-state index is 5.49. The molecule has 92 valence electrons. The molecule has 4 heteroatoms. The maximum absolute atomic E-state index is 5.49. The Labute approximate surface area is 101 Å². The fourth-order valence-electron chi connectivity index (χ4n) is 4.92. The van der Waals surface area contributed by atoms with Crippen LogP contribution in [0.15, 0.2) is 4.42 Å². The van der Waals surface area contributed by atoms with E-state index in [4.69, 9.17) is 10.2 Å². The second-order valence-corrected chi connectivity index (χ2v) is 6.33. The van der Waals surface area contributed by atoms with Crippen molar-refractivity contribution in [3.05, 3.63) is 5.89 Å². The van der Waals surface area contributed by atoms with Gasteiger partial charge >= 0.3 is 6.01 Å². The molecule has 1 aromatic rings. The van der Waals surface area contributed by atoms with E-state index in [1.807, 2.05) is 0 Å². The average molecular weight is 233 g/mol. The zero-order chi connectivity index (χ0) is 11.4. The number of nitrogen functional groups attached to an aromatic ring is 1. The summed E-state index contributed by atoms with van der Waals surface area (Å²) in [5.41, 5.74) is 5.49. The lowest BCUT2D eigenvalue weighted by molar-refractivity contribution is -0.0381. The molecule has 4 bridgehead atoms. The standard InChI is InChI=1S/C13H19N3O/c14-13-16-15-12(17-13)6-11-9-2-7-1-8(4-9)5-10(11)3-7/h7-11H,1-6H2,(H2,14,16). The minimum Gasteiger partial charge on any atom is -0.408 e. The minimum absolute atomic E-state index is 0.212. The highest BCUT2D eigenvalue weighted by Gasteiger charge is 2.48. The Morgan fingerprint density at radius 1 is 1.00 bits per heavy atom. The molecule has 1 heterocycles. The Balaban J connectivity index is 1.54. The molecule has 2 N–H and O–H groups in total. The Morgan fingerprint density at radius 3 is 2.18 bits per heavy atom. The van der Waals surface area contributed by atoms with Crippen LogP contribution in [-0.2, 0) is 6.42 Å². The van der Waals surface area contributed by atoms with Crippen molar-refractivity contribution in [2.45, 2.75) is 38.5 Å². The van der Waals surface area contributed by atoms with E-state index in [-0.39, 0.29) is 6.01 Å². The summed E-state index contributed by atoms with van der Waals surface area (Å²) in [5, 5.41) is 7.79. The summed E-state index contributed by atoms with van der Waals surface area (Å²) in [6, 6.07) is 0.212. The zero-order valence-electron chi connectivity index (χ0n) is 10.0. The molecule has 0 atom stereocenters. The first-order chi connectivity index (χ1) is 8.28. The summed E-state index contributed by atoms with van der Waals surface area (Å²) in [7, 11) is 0. The van der Waals surface area contributed by atoms with Gasteiger partial charge in [0.2, 0.25) is 5.89 Å². The van der Waals surface area contributed by atoms with Crippen molar-refractivity contribution in [1.29, 1.82) is 0 Å². The van der Waals surface area contributed by atoms with Crippen LogP contribution in [0.1, 0.15) is 38.0 Å². The highest BCUT2D eigenvalue weighted by atomic mass is 16.4. The number of hydrogen-bond donors (Lipinski definition) is 1. The van der Waals surface area contributed by atoms with Crippen molar-refractivity contribution in [3.63, 3.8) is 0 Å². The van der Waals surface area contributed by atoms with E-state index in [0.29, 0.717) is 0 Å². The fourth-order valence-corrected chi connectivity index (χ4v) is 4.92. The summed E-state index contributed by atoms with van der Waals surface area (Å²) in [5.74, 6) is 5.42. The highest BCUT2D eigenvalue weighted by molar-refractivity contribution is 5.06. The number of anilines is 1. The van der Waals surface area contributed by atoms with Gasteiger partial charge in [-0.1, -0.05) is 5.10 Å². The highest BCUT2D eigenvalue weighted by Crippen LogP contribution is 2.57. The van der Waals surface area contributed by atoms with Crippen LogP contribution in [0.2, 0.25) is 0 Å². The molecule has 4 nitrogen and oxygen atoms in total. The van der Waals surface area contributed by atoms with Gasteiger partial charge < -0.3 is 10.2 Å². The summed E-state index contributed by atoms with van der Waals surface area (Å²) in [6.45, 7) is 0. The lowest BCUT2D eigenvalue weighted by Crippen LogP contribution is -2.45. The molecule has 0 saturated heterocycles. The summed E-state index contributed by atoms with van der Waals surface area (Å²) >= 11 is 0. The minimum atomic E-state index is 0.212. The van der Waals surface area contributed by atoms with Gasteiger partial charge in [-0.05, 0) is 61.7 Å². The number of nitrogens with two attached hydrogens (primary N) is 1. The van der Waals surface area contributed by atoms with E-state index in [9.17, 15) is 0 Å². The number of aromatic nitrogens is 2. The van der Waals surface area contributed by atoms with Crippen LogP contribution in [0, 0.1) is 29.6 Å². The zero-order valence-corrected chi connectivity index (χ0v) is 10.0. The largest absolute Gasteiger partial charge is 0.408 e. The molecule has 4 fully saturated rings. The lowest BCUT2D eigenvalue weighted by Gasteiger charge is -2.54. The molecule has 5 rings (SSSR count). The molecule has 0 radical (unpaired) electrons. The molecule has 0 aromatic carbocycles. The molecule has 4 aliphatic rings. The van der Waals surface area contributed by atoms with E-state index >= 15 is 0 Å². The SMILES string of the molecule is Nc1nnc(CC2C3CC4CC(C3)CC2C4)o1. The molecule has 1 aromatic heterocycles. The first-order valence-corrected chi connectivity index (χ1v) is 6.86. The Morgan fingerprint density at radius 2 is 1.65 bits per heavy atom. The molecule has 4 saturated carbocycles. The van der Waals surface area contributed by atoms with Gasteiger partial charge in [0.05, 0.1) is 0 Å².